The Morgan fingerprint density at radius 2 is 1.95 bits per heavy atom. The Balaban J connectivity index is 1.68. The Morgan fingerprint density at radius 1 is 1.20 bits per heavy atom. The first kappa shape index (κ1) is 13.0. The van der Waals surface area contributed by atoms with E-state index in [1.165, 1.54) is 5.56 Å². The lowest BCUT2D eigenvalue weighted by Gasteiger charge is -2.07. The second-order valence-electron chi connectivity index (χ2n) is 5.07. The number of nitrogens with one attached hydrogen (secondary N) is 1. The lowest BCUT2D eigenvalue weighted by molar-refractivity contribution is 0.0950. The van der Waals surface area contributed by atoms with Crippen molar-refractivity contribution in [1.82, 2.24) is 5.32 Å². The molecule has 2 aromatic rings. The number of carbonyl (C=O) groups excluding carboxylic acids is 1. The summed E-state index contributed by atoms with van der Waals surface area (Å²) in [5, 5.41) is 3.43. The SMILES string of the molecule is Nc1ccc(Cl)c(C(=O)NC2CC2c2ccccc2)c1. The second kappa shape index (κ2) is 5.17. The van der Waals surface area contributed by atoms with Crippen LogP contribution < -0.4 is 11.1 Å². The van der Waals surface area contributed by atoms with Gasteiger partial charge in [0.25, 0.3) is 5.91 Å². The Hall–Kier alpha value is -2.00. The fourth-order valence-corrected chi connectivity index (χ4v) is 2.59. The number of benzene rings is 2. The molecule has 3 rings (SSSR count). The van der Waals surface area contributed by atoms with E-state index in [4.69, 9.17) is 17.3 Å². The van der Waals surface area contributed by atoms with Gasteiger partial charge in [-0.05, 0) is 30.2 Å². The minimum absolute atomic E-state index is 0.161. The molecule has 3 N–H and O–H groups in total. The summed E-state index contributed by atoms with van der Waals surface area (Å²) in [5.74, 6) is 0.241. The van der Waals surface area contributed by atoms with Gasteiger partial charge in [-0.25, -0.2) is 0 Å². The summed E-state index contributed by atoms with van der Waals surface area (Å²) >= 11 is 6.03. The van der Waals surface area contributed by atoms with E-state index in [1.807, 2.05) is 18.2 Å². The molecule has 1 aliphatic carbocycles. The zero-order valence-electron chi connectivity index (χ0n) is 10.8. The molecule has 2 aromatic carbocycles. The molecule has 1 aliphatic rings. The molecule has 20 heavy (non-hydrogen) atoms. The van der Waals surface area contributed by atoms with Crippen LogP contribution in [0.1, 0.15) is 28.3 Å². The molecule has 0 saturated heterocycles. The van der Waals surface area contributed by atoms with Crippen LogP contribution in [0, 0.1) is 0 Å². The molecule has 1 saturated carbocycles. The summed E-state index contributed by atoms with van der Waals surface area (Å²) in [6, 6.07) is 15.3. The molecule has 102 valence electrons. The van der Waals surface area contributed by atoms with Crippen LogP contribution in [-0.2, 0) is 0 Å². The topological polar surface area (TPSA) is 55.1 Å². The quantitative estimate of drug-likeness (QED) is 0.851. The Morgan fingerprint density at radius 3 is 2.70 bits per heavy atom. The van der Waals surface area contributed by atoms with Crippen molar-refractivity contribution in [3.05, 3.63) is 64.7 Å². The zero-order valence-corrected chi connectivity index (χ0v) is 11.6. The number of anilines is 1. The molecule has 0 aliphatic heterocycles. The highest BCUT2D eigenvalue weighted by Gasteiger charge is 2.39. The molecular weight excluding hydrogens is 272 g/mol. The molecule has 2 unspecified atom stereocenters. The first-order chi connectivity index (χ1) is 9.65. The molecule has 0 radical (unpaired) electrons. The van der Waals surface area contributed by atoms with Crippen LogP contribution in [0.5, 0.6) is 0 Å². The monoisotopic (exact) mass is 286 g/mol. The largest absolute Gasteiger partial charge is 0.399 e. The van der Waals surface area contributed by atoms with Crippen molar-refractivity contribution in [1.29, 1.82) is 0 Å². The average Bonchev–Trinajstić information content (AvgIpc) is 3.21. The molecule has 4 heteroatoms. The number of amides is 1. The summed E-state index contributed by atoms with van der Waals surface area (Å²) < 4.78 is 0. The van der Waals surface area contributed by atoms with E-state index in [1.54, 1.807) is 18.2 Å². The van der Waals surface area contributed by atoms with Crippen molar-refractivity contribution in [3.63, 3.8) is 0 Å². The summed E-state index contributed by atoms with van der Waals surface area (Å²) in [5.41, 5.74) is 7.92. The van der Waals surface area contributed by atoms with Gasteiger partial charge in [-0.1, -0.05) is 41.9 Å². The van der Waals surface area contributed by atoms with Crippen LogP contribution >= 0.6 is 11.6 Å². The van der Waals surface area contributed by atoms with Crippen molar-refractivity contribution >= 4 is 23.2 Å². The van der Waals surface area contributed by atoms with E-state index in [9.17, 15) is 4.79 Å². The van der Waals surface area contributed by atoms with Crippen molar-refractivity contribution in [2.45, 2.75) is 18.4 Å². The summed E-state index contributed by atoms with van der Waals surface area (Å²) in [7, 11) is 0. The molecule has 1 fully saturated rings. The van der Waals surface area contributed by atoms with Crippen LogP contribution in [0.25, 0.3) is 0 Å². The standard InChI is InChI=1S/C16H15ClN2O/c17-14-7-6-11(18)8-13(14)16(20)19-15-9-12(15)10-4-2-1-3-5-10/h1-8,12,15H,9,18H2,(H,19,20). The maximum atomic E-state index is 12.2. The molecule has 0 aromatic heterocycles. The third kappa shape index (κ3) is 2.63. The van der Waals surface area contributed by atoms with Crippen molar-refractivity contribution in [3.8, 4) is 0 Å². The van der Waals surface area contributed by atoms with E-state index in [2.05, 4.69) is 17.4 Å². The number of rotatable bonds is 3. The highest BCUT2D eigenvalue weighted by Crippen LogP contribution is 2.40. The van der Waals surface area contributed by atoms with E-state index < -0.39 is 0 Å². The first-order valence-corrected chi connectivity index (χ1v) is 6.94. The van der Waals surface area contributed by atoms with Crippen LogP contribution in [-0.4, -0.2) is 11.9 Å². The van der Waals surface area contributed by atoms with Gasteiger partial charge in [-0.2, -0.15) is 0 Å². The predicted octanol–water partition coefficient (Wildman–Crippen LogP) is 3.21. The Kier molecular flexibility index (Phi) is 3.36. The highest BCUT2D eigenvalue weighted by molar-refractivity contribution is 6.34. The van der Waals surface area contributed by atoms with Gasteiger partial charge < -0.3 is 11.1 Å². The fourth-order valence-electron chi connectivity index (χ4n) is 2.39. The van der Waals surface area contributed by atoms with Crippen LogP contribution in [0.15, 0.2) is 48.5 Å². The van der Waals surface area contributed by atoms with Gasteiger partial charge in [0, 0.05) is 17.6 Å². The zero-order chi connectivity index (χ0) is 14.1. The fraction of sp³-hybridized carbons (Fsp3) is 0.188. The van der Waals surface area contributed by atoms with E-state index in [0.29, 0.717) is 22.2 Å². The summed E-state index contributed by atoms with van der Waals surface area (Å²) in [6.45, 7) is 0. The molecular formula is C16H15ClN2O. The average molecular weight is 287 g/mol. The van der Waals surface area contributed by atoms with Gasteiger partial charge in [-0.15, -0.1) is 0 Å². The number of hydrogen-bond donors (Lipinski definition) is 2. The Labute approximate surface area is 122 Å². The number of hydrogen-bond acceptors (Lipinski definition) is 2. The molecule has 0 heterocycles. The van der Waals surface area contributed by atoms with Crippen molar-refractivity contribution in [2.75, 3.05) is 5.73 Å². The second-order valence-corrected chi connectivity index (χ2v) is 5.48. The summed E-state index contributed by atoms with van der Waals surface area (Å²) in [4.78, 5) is 12.2. The third-order valence-corrected chi connectivity index (χ3v) is 3.90. The normalized spacial score (nSPS) is 20.4. The van der Waals surface area contributed by atoms with E-state index in [-0.39, 0.29) is 11.9 Å². The van der Waals surface area contributed by atoms with Crippen LogP contribution in [0.4, 0.5) is 5.69 Å². The molecule has 0 bridgehead atoms. The molecule has 2 atom stereocenters. The lowest BCUT2D eigenvalue weighted by atomic mass is 10.1. The predicted molar refractivity (Wildman–Crippen MR) is 80.9 cm³/mol. The lowest BCUT2D eigenvalue weighted by Crippen LogP contribution is -2.26. The first-order valence-electron chi connectivity index (χ1n) is 6.56. The van der Waals surface area contributed by atoms with E-state index in [0.717, 1.165) is 6.42 Å². The van der Waals surface area contributed by atoms with Crippen LogP contribution in [0.3, 0.4) is 0 Å². The van der Waals surface area contributed by atoms with Gasteiger partial charge >= 0.3 is 0 Å². The smallest absolute Gasteiger partial charge is 0.253 e. The van der Waals surface area contributed by atoms with Gasteiger partial charge in [-0.3, -0.25) is 4.79 Å². The minimum atomic E-state index is -0.161. The van der Waals surface area contributed by atoms with E-state index >= 15 is 0 Å². The third-order valence-electron chi connectivity index (χ3n) is 3.57. The Bertz CT molecular complexity index is 642. The number of nitrogens with two attached hydrogens (primary N) is 1. The minimum Gasteiger partial charge on any atom is -0.399 e. The molecule has 3 nitrogen and oxygen atoms in total. The van der Waals surface area contributed by atoms with Crippen molar-refractivity contribution in [2.24, 2.45) is 0 Å². The molecule has 1 amide bonds. The van der Waals surface area contributed by atoms with Gasteiger partial charge in [0.1, 0.15) is 0 Å². The number of nitrogen functional groups attached to an aromatic ring is 1. The maximum absolute atomic E-state index is 12.2. The van der Waals surface area contributed by atoms with Crippen molar-refractivity contribution < 1.29 is 4.79 Å². The number of carbonyl (C=O) groups is 1. The molecule has 0 spiro atoms. The maximum Gasteiger partial charge on any atom is 0.253 e. The van der Waals surface area contributed by atoms with Gasteiger partial charge in [0.05, 0.1) is 10.6 Å². The highest BCUT2D eigenvalue weighted by atomic mass is 35.5. The van der Waals surface area contributed by atoms with Gasteiger partial charge in [0.15, 0.2) is 0 Å². The van der Waals surface area contributed by atoms with Crippen LogP contribution in [0.2, 0.25) is 5.02 Å². The summed E-state index contributed by atoms with van der Waals surface area (Å²) in [6.07, 6.45) is 0.968. The number of halogens is 1. The van der Waals surface area contributed by atoms with Gasteiger partial charge in [0.2, 0.25) is 0 Å².